The van der Waals surface area contributed by atoms with Crippen molar-refractivity contribution in [3.05, 3.63) is 48.0 Å². The Hall–Kier alpha value is -3.23. The summed E-state index contributed by atoms with van der Waals surface area (Å²) in [5, 5.41) is 11.7. The minimum atomic E-state index is -4.73. The zero-order valence-corrected chi connectivity index (χ0v) is 12.6. The third kappa shape index (κ3) is 4.40. The van der Waals surface area contributed by atoms with Crippen molar-refractivity contribution < 1.29 is 27.8 Å². The van der Waals surface area contributed by atoms with Gasteiger partial charge in [0, 0.05) is 5.69 Å². The molecule has 0 aliphatic carbocycles. The lowest BCUT2D eigenvalue weighted by Gasteiger charge is -2.09. The summed E-state index contributed by atoms with van der Waals surface area (Å²) in [6.07, 6.45) is -4.83. The molecule has 0 amide bonds. The van der Waals surface area contributed by atoms with Crippen molar-refractivity contribution in [1.82, 2.24) is 9.97 Å². The van der Waals surface area contributed by atoms with Crippen molar-refractivity contribution >= 4 is 28.6 Å². The fourth-order valence-corrected chi connectivity index (χ4v) is 2.28. The molecule has 0 fully saturated rings. The first kappa shape index (κ1) is 16.6. The summed E-state index contributed by atoms with van der Waals surface area (Å²) in [6.45, 7) is 0. The lowest BCUT2D eigenvalue weighted by molar-refractivity contribution is -0.274. The van der Waals surface area contributed by atoms with Gasteiger partial charge in [-0.15, -0.1) is 13.2 Å². The number of imidazole rings is 1. The topological polar surface area (TPSA) is 87.2 Å². The minimum absolute atomic E-state index is 0.0988. The number of carbonyl (C=O) groups is 1. The molecule has 6 nitrogen and oxygen atoms in total. The van der Waals surface area contributed by atoms with Crippen molar-refractivity contribution in [2.24, 2.45) is 0 Å². The molecule has 3 N–H and O–H groups in total. The van der Waals surface area contributed by atoms with E-state index in [4.69, 9.17) is 5.11 Å². The van der Waals surface area contributed by atoms with Crippen LogP contribution >= 0.6 is 0 Å². The summed E-state index contributed by atoms with van der Waals surface area (Å²) in [4.78, 5) is 18.0. The molecule has 0 aliphatic rings. The molecule has 3 rings (SSSR count). The first-order valence-electron chi connectivity index (χ1n) is 7.12. The lowest BCUT2D eigenvalue weighted by Crippen LogP contribution is -2.16. The highest BCUT2D eigenvalue weighted by Gasteiger charge is 2.30. The highest BCUT2D eigenvalue weighted by molar-refractivity contribution is 5.80. The molecule has 0 saturated heterocycles. The predicted octanol–water partition coefficient (Wildman–Crippen LogP) is 3.83. The van der Waals surface area contributed by atoms with Crippen LogP contribution in [0.15, 0.2) is 42.5 Å². The van der Waals surface area contributed by atoms with E-state index < -0.39 is 12.3 Å². The van der Waals surface area contributed by atoms with E-state index in [1.807, 2.05) is 0 Å². The Morgan fingerprint density at radius 1 is 1.20 bits per heavy atom. The van der Waals surface area contributed by atoms with Gasteiger partial charge >= 0.3 is 12.3 Å². The molecule has 0 aliphatic heterocycles. The summed E-state index contributed by atoms with van der Waals surface area (Å²) < 4.78 is 40.2. The van der Waals surface area contributed by atoms with Crippen LogP contribution in [0.2, 0.25) is 0 Å². The van der Waals surface area contributed by atoms with Gasteiger partial charge in [0.05, 0.1) is 17.5 Å². The molecule has 130 valence electrons. The zero-order valence-electron chi connectivity index (χ0n) is 12.6. The first-order chi connectivity index (χ1) is 11.8. The Kier molecular flexibility index (Phi) is 4.22. The summed E-state index contributed by atoms with van der Waals surface area (Å²) in [6, 6.07) is 10.3. The van der Waals surface area contributed by atoms with Gasteiger partial charge in [-0.1, -0.05) is 6.07 Å². The van der Waals surface area contributed by atoms with E-state index in [9.17, 15) is 18.0 Å². The number of aliphatic carboxylic acids is 1. The number of hydrogen-bond donors (Lipinski definition) is 3. The second-order valence-electron chi connectivity index (χ2n) is 5.20. The summed E-state index contributed by atoms with van der Waals surface area (Å²) >= 11 is 0. The Morgan fingerprint density at radius 3 is 2.56 bits per heavy atom. The van der Waals surface area contributed by atoms with Crippen molar-refractivity contribution in [2.45, 2.75) is 12.8 Å². The van der Waals surface area contributed by atoms with E-state index >= 15 is 0 Å². The molecule has 0 spiro atoms. The molecule has 0 saturated carbocycles. The number of anilines is 2. The number of halogens is 3. The van der Waals surface area contributed by atoms with Crippen LogP contribution in [0.3, 0.4) is 0 Å². The average Bonchev–Trinajstić information content (AvgIpc) is 2.88. The van der Waals surface area contributed by atoms with Gasteiger partial charge in [0.15, 0.2) is 0 Å². The van der Waals surface area contributed by atoms with Gasteiger partial charge in [-0.2, -0.15) is 0 Å². The number of carboxylic acids is 1. The number of benzene rings is 2. The third-order valence-electron chi connectivity index (χ3n) is 3.25. The zero-order chi connectivity index (χ0) is 18.0. The van der Waals surface area contributed by atoms with Gasteiger partial charge in [-0.05, 0) is 42.0 Å². The summed E-state index contributed by atoms with van der Waals surface area (Å²) in [7, 11) is 0. The molecule has 25 heavy (non-hydrogen) atoms. The van der Waals surface area contributed by atoms with E-state index in [0.717, 1.165) is 0 Å². The van der Waals surface area contributed by atoms with Crippen LogP contribution in [0.25, 0.3) is 11.0 Å². The largest absolute Gasteiger partial charge is 0.573 e. The van der Waals surface area contributed by atoms with Crippen LogP contribution in [-0.4, -0.2) is 27.4 Å². The monoisotopic (exact) mass is 351 g/mol. The number of fused-ring (bicyclic) bond motifs is 1. The molecular formula is C16H12F3N3O3. The molecule has 0 atom stereocenters. The quantitative estimate of drug-likeness (QED) is 0.650. The van der Waals surface area contributed by atoms with Gasteiger partial charge < -0.3 is 20.1 Å². The maximum atomic E-state index is 12.1. The Balaban J connectivity index is 1.75. The van der Waals surface area contributed by atoms with Crippen molar-refractivity contribution in [1.29, 1.82) is 0 Å². The number of ether oxygens (including phenoxy) is 1. The summed E-state index contributed by atoms with van der Waals surface area (Å²) in [5.41, 5.74) is 2.43. The van der Waals surface area contributed by atoms with E-state index in [1.165, 1.54) is 24.3 Å². The van der Waals surface area contributed by atoms with E-state index in [2.05, 4.69) is 20.0 Å². The minimum Gasteiger partial charge on any atom is -0.481 e. The van der Waals surface area contributed by atoms with Gasteiger partial charge in [-0.3, -0.25) is 4.79 Å². The van der Waals surface area contributed by atoms with Gasteiger partial charge in [0.1, 0.15) is 5.75 Å². The number of rotatable bonds is 5. The van der Waals surface area contributed by atoms with Crippen molar-refractivity contribution in [3.63, 3.8) is 0 Å². The predicted molar refractivity (Wildman–Crippen MR) is 83.8 cm³/mol. The number of aromatic nitrogens is 2. The van der Waals surface area contributed by atoms with Crippen LogP contribution in [0.5, 0.6) is 5.75 Å². The number of aromatic amines is 1. The lowest BCUT2D eigenvalue weighted by atomic mass is 10.1. The maximum absolute atomic E-state index is 12.1. The second kappa shape index (κ2) is 6.34. The van der Waals surface area contributed by atoms with Crippen LogP contribution in [0.4, 0.5) is 24.8 Å². The van der Waals surface area contributed by atoms with E-state index in [1.54, 1.807) is 18.2 Å². The van der Waals surface area contributed by atoms with Crippen LogP contribution < -0.4 is 10.1 Å². The number of hydrogen-bond acceptors (Lipinski definition) is 4. The smallest absolute Gasteiger partial charge is 0.481 e. The molecule has 3 aromatic rings. The maximum Gasteiger partial charge on any atom is 0.573 e. The highest BCUT2D eigenvalue weighted by atomic mass is 19.4. The van der Waals surface area contributed by atoms with Crippen LogP contribution in [0.1, 0.15) is 5.56 Å². The van der Waals surface area contributed by atoms with Crippen molar-refractivity contribution in [2.75, 3.05) is 5.32 Å². The van der Waals surface area contributed by atoms with Crippen LogP contribution in [0, 0.1) is 0 Å². The standard InChI is InChI=1S/C16H12F3N3O3/c17-16(18,19)25-11-4-2-10(3-5-11)20-15-21-12-6-1-9(8-14(23)24)7-13(12)22-15/h1-7H,8H2,(H,23,24)(H2,20,21,22). The Morgan fingerprint density at radius 2 is 1.92 bits per heavy atom. The number of nitrogens with zero attached hydrogens (tertiary/aromatic N) is 1. The Labute approximate surface area is 139 Å². The van der Waals surface area contributed by atoms with Gasteiger partial charge in [0.2, 0.25) is 5.95 Å². The fourth-order valence-electron chi connectivity index (χ4n) is 2.28. The van der Waals surface area contributed by atoms with E-state index in [0.29, 0.717) is 28.2 Å². The molecule has 0 radical (unpaired) electrons. The average molecular weight is 351 g/mol. The van der Waals surface area contributed by atoms with Crippen molar-refractivity contribution in [3.8, 4) is 5.75 Å². The molecule has 1 aromatic heterocycles. The fraction of sp³-hybridized carbons (Fsp3) is 0.125. The van der Waals surface area contributed by atoms with Gasteiger partial charge in [-0.25, -0.2) is 4.98 Å². The van der Waals surface area contributed by atoms with Crippen LogP contribution in [-0.2, 0) is 11.2 Å². The number of nitrogens with one attached hydrogen (secondary N) is 2. The molecule has 1 heterocycles. The molecule has 0 bridgehead atoms. The first-order valence-corrected chi connectivity index (χ1v) is 7.12. The number of carboxylic acid groups (broad SMARTS) is 1. The number of H-pyrrole nitrogens is 1. The second-order valence-corrected chi connectivity index (χ2v) is 5.20. The SMILES string of the molecule is O=C(O)Cc1ccc2nc(Nc3ccc(OC(F)(F)F)cc3)[nH]c2c1. The molecular weight excluding hydrogens is 339 g/mol. The molecule has 9 heteroatoms. The highest BCUT2D eigenvalue weighted by Crippen LogP contribution is 2.25. The molecule has 0 unspecified atom stereocenters. The number of alkyl halides is 3. The summed E-state index contributed by atoms with van der Waals surface area (Å²) in [5.74, 6) is -0.869. The molecule has 2 aromatic carbocycles. The van der Waals surface area contributed by atoms with E-state index in [-0.39, 0.29) is 12.2 Å². The van der Waals surface area contributed by atoms with Gasteiger partial charge in [0.25, 0.3) is 0 Å². The Bertz CT molecular complexity index is 904. The third-order valence-corrected chi connectivity index (χ3v) is 3.25. The normalized spacial score (nSPS) is 11.5.